The molecule has 0 aliphatic rings. The minimum absolute atomic E-state index is 0.130. The molecule has 0 radical (unpaired) electrons. The molecule has 0 fully saturated rings. The lowest BCUT2D eigenvalue weighted by molar-refractivity contribution is 0.0953. The second kappa shape index (κ2) is 9.56. The number of rotatable bonds is 8. The van der Waals surface area contributed by atoms with Gasteiger partial charge in [0.05, 0.1) is 0 Å². The number of carbonyl (C=O) groups excluding carboxylic acids is 1. The Morgan fingerprint density at radius 2 is 1.63 bits per heavy atom. The number of aromatic nitrogens is 2. The van der Waals surface area contributed by atoms with Crippen LogP contribution in [0.2, 0.25) is 0 Å². The van der Waals surface area contributed by atoms with Crippen molar-refractivity contribution in [2.24, 2.45) is 0 Å². The molecule has 0 bridgehead atoms. The van der Waals surface area contributed by atoms with Gasteiger partial charge < -0.3 is 14.6 Å². The van der Waals surface area contributed by atoms with Crippen molar-refractivity contribution >= 4 is 5.91 Å². The number of amides is 1. The first kappa shape index (κ1) is 19.5. The number of benzene rings is 3. The highest BCUT2D eigenvalue weighted by molar-refractivity contribution is 5.94. The van der Waals surface area contributed by atoms with E-state index >= 15 is 0 Å². The summed E-state index contributed by atoms with van der Waals surface area (Å²) in [4.78, 5) is 17.0. The zero-order chi connectivity index (χ0) is 20.6. The van der Waals surface area contributed by atoms with Gasteiger partial charge in [-0.1, -0.05) is 54.6 Å². The highest BCUT2D eigenvalue weighted by atomic mass is 16.5. The summed E-state index contributed by atoms with van der Waals surface area (Å²) in [5, 5.41) is 2.97. The molecule has 1 heterocycles. The Morgan fingerprint density at radius 3 is 2.43 bits per heavy atom. The quantitative estimate of drug-likeness (QED) is 0.469. The van der Waals surface area contributed by atoms with Crippen molar-refractivity contribution < 1.29 is 9.53 Å². The van der Waals surface area contributed by atoms with E-state index in [0.717, 1.165) is 18.1 Å². The molecule has 5 heteroatoms. The van der Waals surface area contributed by atoms with Gasteiger partial charge in [-0.25, -0.2) is 4.98 Å². The third-order valence-electron chi connectivity index (χ3n) is 4.71. The lowest BCUT2D eigenvalue weighted by Gasteiger charge is -2.10. The first-order valence-corrected chi connectivity index (χ1v) is 9.93. The summed E-state index contributed by atoms with van der Waals surface area (Å²) in [5.74, 6) is 2.18. The molecule has 1 aromatic heterocycles. The van der Waals surface area contributed by atoms with E-state index < -0.39 is 0 Å². The monoisotopic (exact) mass is 397 g/mol. The maximum atomic E-state index is 12.6. The van der Waals surface area contributed by atoms with Crippen LogP contribution in [-0.4, -0.2) is 22.0 Å². The molecule has 1 amide bonds. The van der Waals surface area contributed by atoms with Crippen LogP contribution in [0.25, 0.3) is 0 Å². The number of nitrogens with zero attached hydrogens (tertiary/aromatic N) is 2. The Bertz CT molecular complexity index is 1090. The minimum Gasteiger partial charge on any atom is -0.457 e. The Balaban J connectivity index is 1.32. The molecule has 0 saturated carbocycles. The summed E-state index contributed by atoms with van der Waals surface area (Å²) in [5.41, 5.74) is 1.78. The van der Waals surface area contributed by atoms with Gasteiger partial charge in [0.1, 0.15) is 17.3 Å². The fourth-order valence-electron chi connectivity index (χ4n) is 3.21. The lowest BCUT2D eigenvalue weighted by Crippen LogP contribution is -2.26. The van der Waals surface area contributed by atoms with Crippen LogP contribution in [0.4, 0.5) is 0 Å². The van der Waals surface area contributed by atoms with E-state index in [9.17, 15) is 4.79 Å². The molecule has 4 aromatic rings. The Kier molecular flexibility index (Phi) is 6.20. The van der Waals surface area contributed by atoms with Crippen LogP contribution < -0.4 is 10.1 Å². The van der Waals surface area contributed by atoms with Gasteiger partial charge in [-0.15, -0.1) is 0 Å². The molecule has 0 unspecified atom stereocenters. The molecule has 0 aliphatic carbocycles. The number of para-hydroxylation sites is 1. The highest BCUT2D eigenvalue weighted by Crippen LogP contribution is 2.21. The van der Waals surface area contributed by atoms with Crippen molar-refractivity contribution in [1.29, 1.82) is 0 Å². The zero-order valence-corrected chi connectivity index (χ0v) is 16.6. The van der Waals surface area contributed by atoms with Crippen LogP contribution >= 0.6 is 0 Å². The third kappa shape index (κ3) is 5.14. The maximum Gasteiger partial charge on any atom is 0.251 e. The fraction of sp³-hybridized carbons (Fsp3) is 0.120. The molecule has 1 N–H and O–H groups in total. The van der Waals surface area contributed by atoms with Gasteiger partial charge >= 0.3 is 0 Å². The van der Waals surface area contributed by atoms with Crippen LogP contribution in [-0.2, 0) is 13.0 Å². The topological polar surface area (TPSA) is 56.2 Å². The first-order chi connectivity index (χ1) is 14.8. The predicted octanol–water partition coefficient (Wildman–Crippen LogP) is 4.70. The molecule has 0 spiro atoms. The summed E-state index contributed by atoms with van der Waals surface area (Å²) in [6, 6.07) is 27.0. The smallest absolute Gasteiger partial charge is 0.251 e. The van der Waals surface area contributed by atoms with Crippen molar-refractivity contribution in [2.75, 3.05) is 6.54 Å². The summed E-state index contributed by atoms with van der Waals surface area (Å²) in [7, 11) is 0. The van der Waals surface area contributed by atoms with Crippen molar-refractivity contribution in [3.8, 4) is 11.5 Å². The van der Waals surface area contributed by atoms with E-state index in [1.54, 1.807) is 18.3 Å². The number of hydrogen-bond donors (Lipinski definition) is 1. The average molecular weight is 397 g/mol. The van der Waals surface area contributed by atoms with Crippen molar-refractivity contribution in [3.63, 3.8) is 0 Å². The number of nitrogens with one attached hydrogen (secondary N) is 1. The van der Waals surface area contributed by atoms with Crippen LogP contribution in [0.1, 0.15) is 21.7 Å². The van der Waals surface area contributed by atoms with Gasteiger partial charge in [-0.2, -0.15) is 0 Å². The minimum atomic E-state index is -0.130. The van der Waals surface area contributed by atoms with Crippen molar-refractivity contribution in [3.05, 3.63) is 114 Å². The standard InChI is InChI=1S/C25H23N3O2/c29-25(21-10-7-13-23(18-21)30-22-11-5-2-6-12-22)27-15-14-24-26-16-17-28(24)19-20-8-3-1-4-9-20/h1-13,16-18H,14-15,19H2,(H,27,29). The summed E-state index contributed by atoms with van der Waals surface area (Å²) >= 11 is 0. The number of carbonyl (C=O) groups is 1. The van der Waals surface area contributed by atoms with Gasteiger partial charge in [0.2, 0.25) is 0 Å². The van der Waals surface area contributed by atoms with Crippen LogP contribution in [0.3, 0.4) is 0 Å². The molecule has 0 atom stereocenters. The fourth-order valence-corrected chi connectivity index (χ4v) is 3.21. The third-order valence-corrected chi connectivity index (χ3v) is 4.71. The Hall–Kier alpha value is -3.86. The molecule has 30 heavy (non-hydrogen) atoms. The second-order valence-corrected chi connectivity index (χ2v) is 6.91. The van der Waals surface area contributed by atoms with E-state index in [2.05, 4.69) is 27.0 Å². The first-order valence-electron chi connectivity index (χ1n) is 9.93. The van der Waals surface area contributed by atoms with Gasteiger partial charge in [0, 0.05) is 37.5 Å². The zero-order valence-electron chi connectivity index (χ0n) is 16.6. The highest BCUT2D eigenvalue weighted by Gasteiger charge is 2.09. The second-order valence-electron chi connectivity index (χ2n) is 6.91. The molecule has 4 rings (SSSR count). The lowest BCUT2D eigenvalue weighted by atomic mass is 10.2. The number of hydrogen-bond acceptors (Lipinski definition) is 3. The summed E-state index contributed by atoms with van der Waals surface area (Å²) in [6.07, 6.45) is 4.42. The predicted molar refractivity (Wildman–Crippen MR) is 117 cm³/mol. The van der Waals surface area contributed by atoms with Gasteiger partial charge in [-0.3, -0.25) is 4.79 Å². The van der Waals surface area contributed by atoms with Gasteiger partial charge in [0.15, 0.2) is 0 Å². The largest absolute Gasteiger partial charge is 0.457 e. The van der Waals surface area contributed by atoms with Crippen LogP contribution in [0.5, 0.6) is 11.5 Å². The number of imidazole rings is 1. The van der Waals surface area contributed by atoms with Crippen LogP contribution in [0.15, 0.2) is 97.3 Å². The van der Waals surface area contributed by atoms with Gasteiger partial charge in [0.25, 0.3) is 5.91 Å². The Labute approximate surface area is 176 Å². The van der Waals surface area contributed by atoms with E-state index in [1.165, 1.54) is 5.56 Å². The Morgan fingerprint density at radius 1 is 0.900 bits per heavy atom. The molecule has 3 aromatic carbocycles. The molecular weight excluding hydrogens is 374 g/mol. The molecule has 5 nitrogen and oxygen atoms in total. The van der Waals surface area contributed by atoms with E-state index in [0.29, 0.717) is 24.3 Å². The van der Waals surface area contributed by atoms with Crippen molar-refractivity contribution in [2.45, 2.75) is 13.0 Å². The molecule has 0 saturated heterocycles. The number of ether oxygens (including phenoxy) is 1. The SMILES string of the molecule is O=C(NCCc1nccn1Cc1ccccc1)c1cccc(Oc2ccccc2)c1. The van der Waals surface area contributed by atoms with E-state index in [4.69, 9.17) is 4.74 Å². The average Bonchev–Trinajstić information content (AvgIpc) is 3.22. The molecule has 0 aliphatic heterocycles. The summed E-state index contributed by atoms with van der Waals surface area (Å²) < 4.78 is 7.92. The summed E-state index contributed by atoms with van der Waals surface area (Å²) in [6.45, 7) is 1.28. The van der Waals surface area contributed by atoms with E-state index in [1.807, 2.05) is 66.9 Å². The molecular formula is C25H23N3O2. The normalized spacial score (nSPS) is 10.5. The van der Waals surface area contributed by atoms with Gasteiger partial charge in [-0.05, 0) is 35.9 Å². The van der Waals surface area contributed by atoms with E-state index in [-0.39, 0.29) is 5.91 Å². The molecule has 150 valence electrons. The van der Waals surface area contributed by atoms with Crippen molar-refractivity contribution in [1.82, 2.24) is 14.9 Å². The maximum absolute atomic E-state index is 12.6. The van der Waals surface area contributed by atoms with Crippen LogP contribution in [0, 0.1) is 0 Å².